The summed E-state index contributed by atoms with van der Waals surface area (Å²) >= 11 is 0. The predicted octanol–water partition coefficient (Wildman–Crippen LogP) is 1.93. The lowest BCUT2D eigenvalue weighted by molar-refractivity contribution is 0.756. The number of hydrogen-bond acceptors (Lipinski definition) is 4. The van der Waals surface area contributed by atoms with Crippen LogP contribution in [0.1, 0.15) is 17.0 Å². The second kappa shape index (κ2) is 4.63. The van der Waals surface area contributed by atoms with Gasteiger partial charge < -0.3 is 5.32 Å². The molecule has 6 heteroatoms. The molecule has 3 heterocycles. The Labute approximate surface area is 117 Å². The van der Waals surface area contributed by atoms with E-state index in [2.05, 4.69) is 26.6 Å². The Morgan fingerprint density at radius 2 is 1.95 bits per heavy atom. The number of anilines is 1. The number of aryl methyl sites for hydroxylation is 4. The number of nitrogens with one attached hydrogen (secondary N) is 1. The van der Waals surface area contributed by atoms with E-state index in [0.29, 0.717) is 0 Å². The zero-order chi connectivity index (χ0) is 14.3. The second-order valence-electron chi connectivity index (χ2n) is 5.08. The fraction of sp³-hybridized carbons (Fsp3) is 0.357. The van der Waals surface area contributed by atoms with Crippen molar-refractivity contribution in [3.05, 3.63) is 35.4 Å². The lowest BCUT2D eigenvalue weighted by Gasteiger charge is -2.05. The number of fused-ring (bicyclic) bond motifs is 1. The van der Waals surface area contributed by atoms with Gasteiger partial charge in [0.05, 0.1) is 17.1 Å². The van der Waals surface area contributed by atoms with Crippen molar-refractivity contribution < 1.29 is 0 Å². The molecule has 0 atom stereocenters. The zero-order valence-electron chi connectivity index (χ0n) is 12.2. The zero-order valence-corrected chi connectivity index (χ0v) is 12.2. The van der Waals surface area contributed by atoms with Gasteiger partial charge in [0.2, 0.25) is 0 Å². The summed E-state index contributed by atoms with van der Waals surface area (Å²) in [6, 6.07) is 2.14. The van der Waals surface area contributed by atoms with Crippen LogP contribution < -0.4 is 5.32 Å². The third-order valence-electron chi connectivity index (χ3n) is 3.42. The molecule has 0 amide bonds. The van der Waals surface area contributed by atoms with Crippen LogP contribution in [0.25, 0.3) is 11.0 Å². The smallest absolute Gasteiger partial charge is 0.157 e. The molecule has 3 aromatic heterocycles. The third kappa shape index (κ3) is 2.13. The van der Waals surface area contributed by atoms with Crippen molar-refractivity contribution in [2.45, 2.75) is 20.4 Å². The van der Waals surface area contributed by atoms with Crippen molar-refractivity contribution in [1.82, 2.24) is 24.5 Å². The molecule has 0 radical (unpaired) electrons. The molecule has 0 aliphatic rings. The molecule has 0 fully saturated rings. The van der Waals surface area contributed by atoms with Crippen molar-refractivity contribution in [2.24, 2.45) is 14.1 Å². The van der Waals surface area contributed by atoms with E-state index in [1.54, 1.807) is 0 Å². The monoisotopic (exact) mass is 270 g/mol. The molecular weight excluding hydrogens is 252 g/mol. The molecule has 3 aromatic rings. The van der Waals surface area contributed by atoms with Crippen LogP contribution in [-0.4, -0.2) is 24.5 Å². The Morgan fingerprint density at radius 1 is 1.15 bits per heavy atom. The van der Waals surface area contributed by atoms with Gasteiger partial charge in [-0.25, -0.2) is 4.98 Å². The summed E-state index contributed by atoms with van der Waals surface area (Å²) in [7, 11) is 3.84. The average molecular weight is 270 g/mol. The Hall–Kier alpha value is -2.37. The van der Waals surface area contributed by atoms with Crippen molar-refractivity contribution >= 4 is 16.7 Å². The van der Waals surface area contributed by atoms with E-state index in [9.17, 15) is 0 Å². The molecule has 20 heavy (non-hydrogen) atoms. The minimum atomic E-state index is 0.726. The van der Waals surface area contributed by atoms with Gasteiger partial charge in [0, 0.05) is 38.4 Å². The van der Waals surface area contributed by atoms with Gasteiger partial charge in [-0.3, -0.25) is 9.36 Å². The van der Waals surface area contributed by atoms with Gasteiger partial charge in [-0.1, -0.05) is 0 Å². The highest BCUT2D eigenvalue weighted by molar-refractivity contribution is 5.78. The van der Waals surface area contributed by atoms with Crippen LogP contribution in [0.5, 0.6) is 0 Å². The van der Waals surface area contributed by atoms with Gasteiger partial charge in [-0.2, -0.15) is 10.2 Å². The maximum Gasteiger partial charge on any atom is 0.157 e. The average Bonchev–Trinajstić information content (AvgIpc) is 2.87. The van der Waals surface area contributed by atoms with Crippen molar-refractivity contribution in [3.63, 3.8) is 0 Å². The standard InChI is InChI=1S/C14H18N6/c1-9-12-5-11(7-16-14(12)20(4)18-9)6-15-13-8-19(3)17-10(13)2/h5,7-8,15H,6H2,1-4H3. The van der Waals surface area contributed by atoms with Gasteiger partial charge in [0.25, 0.3) is 0 Å². The van der Waals surface area contributed by atoms with Gasteiger partial charge in [-0.15, -0.1) is 0 Å². The number of rotatable bonds is 3. The van der Waals surface area contributed by atoms with Gasteiger partial charge in [0.15, 0.2) is 5.65 Å². The fourth-order valence-corrected chi connectivity index (χ4v) is 2.42. The summed E-state index contributed by atoms with van der Waals surface area (Å²) in [5.74, 6) is 0. The molecule has 6 nitrogen and oxygen atoms in total. The van der Waals surface area contributed by atoms with E-state index in [1.807, 2.05) is 49.7 Å². The van der Waals surface area contributed by atoms with Gasteiger partial charge in [0.1, 0.15) is 0 Å². The number of pyridine rings is 1. The normalized spacial score (nSPS) is 11.2. The van der Waals surface area contributed by atoms with Gasteiger partial charge >= 0.3 is 0 Å². The van der Waals surface area contributed by atoms with Crippen LogP contribution in [0.15, 0.2) is 18.5 Å². The molecule has 0 spiro atoms. The van der Waals surface area contributed by atoms with Crippen LogP contribution in [0, 0.1) is 13.8 Å². The lowest BCUT2D eigenvalue weighted by Crippen LogP contribution is -2.00. The van der Waals surface area contributed by atoms with E-state index in [1.165, 1.54) is 0 Å². The molecule has 0 bridgehead atoms. The SMILES string of the molecule is Cc1nn(C)cc1NCc1cnc2c(c1)c(C)nn2C. The van der Waals surface area contributed by atoms with Crippen molar-refractivity contribution in [1.29, 1.82) is 0 Å². The summed E-state index contributed by atoms with van der Waals surface area (Å²) in [5.41, 5.74) is 5.12. The molecule has 3 rings (SSSR count). The second-order valence-corrected chi connectivity index (χ2v) is 5.08. The summed E-state index contributed by atoms with van der Waals surface area (Å²) in [6.45, 7) is 4.73. The van der Waals surface area contributed by atoms with E-state index in [4.69, 9.17) is 0 Å². The van der Waals surface area contributed by atoms with Gasteiger partial charge in [-0.05, 0) is 25.5 Å². The molecule has 0 saturated carbocycles. The topological polar surface area (TPSA) is 60.6 Å². The highest BCUT2D eigenvalue weighted by Gasteiger charge is 2.08. The molecule has 0 unspecified atom stereocenters. The van der Waals surface area contributed by atoms with E-state index >= 15 is 0 Å². The predicted molar refractivity (Wildman–Crippen MR) is 78.5 cm³/mol. The highest BCUT2D eigenvalue weighted by Crippen LogP contribution is 2.18. The van der Waals surface area contributed by atoms with Crippen LogP contribution in [-0.2, 0) is 20.6 Å². The Kier molecular flexibility index (Phi) is 2.93. The Bertz CT molecular complexity index is 767. The van der Waals surface area contributed by atoms with Crippen LogP contribution in [0.3, 0.4) is 0 Å². The van der Waals surface area contributed by atoms with E-state index < -0.39 is 0 Å². The summed E-state index contributed by atoms with van der Waals surface area (Å²) < 4.78 is 3.62. The number of aromatic nitrogens is 5. The maximum absolute atomic E-state index is 4.48. The van der Waals surface area contributed by atoms with Crippen LogP contribution >= 0.6 is 0 Å². The first kappa shape index (κ1) is 12.7. The minimum Gasteiger partial charge on any atom is -0.378 e. The largest absolute Gasteiger partial charge is 0.378 e. The first-order valence-electron chi connectivity index (χ1n) is 6.57. The first-order valence-corrected chi connectivity index (χ1v) is 6.57. The van der Waals surface area contributed by atoms with Crippen molar-refractivity contribution in [2.75, 3.05) is 5.32 Å². The molecule has 0 aromatic carbocycles. The molecule has 0 saturated heterocycles. The summed E-state index contributed by atoms with van der Waals surface area (Å²) in [6.07, 6.45) is 3.87. The Balaban J connectivity index is 1.84. The minimum absolute atomic E-state index is 0.726. The molecule has 0 aliphatic carbocycles. The molecule has 104 valence electrons. The summed E-state index contributed by atoms with van der Waals surface area (Å²) in [5, 5.41) is 13.2. The fourth-order valence-electron chi connectivity index (χ4n) is 2.42. The molecular formula is C14H18N6. The van der Waals surface area contributed by atoms with Crippen molar-refractivity contribution in [3.8, 4) is 0 Å². The first-order chi connectivity index (χ1) is 9.54. The molecule has 0 aliphatic heterocycles. The number of hydrogen-bond donors (Lipinski definition) is 1. The maximum atomic E-state index is 4.48. The van der Waals surface area contributed by atoms with E-state index in [-0.39, 0.29) is 0 Å². The Morgan fingerprint density at radius 3 is 2.65 bits per heavy atom. The van der Waals surface area contributed by atoms with E-state index in [0.717, 1.165) is 40.2 Å². The lowest BCUT2D eigenvalue weighted by atomic mass is 10.2. The third-order valence-corrected chi connectivity index (χ3v) is 3.42. The number of nitrogens with zero attached hydrogens (tertiary/aromatic N) is 5. The highest BCUT2D eigenvalue weighted by atomic mass is 15.3. The van der Waals surface area contributed by atoms with Crippen LogP contribution in [0.2, 0.25) is 0 Å². The summed E-state index contributed by atoms with van der Waals surface area (Å²) in [4.78, 5) is 4.48. The quantitative estimate of drug-likeness (QED) is 0.790. The molecule has 1 N–H and O–H groups in total. The van der Waals surface area contributed by atoms with Crippen LogP contribution in [0.4, 0.5) is 5.69 Å².